The fourth-order valence-corrected chi connectivity index (χ4v) is 5.38. The zero-order chi connectivity index (χ0) is 16.1. The second-order valence-corrected chi connectivity index (χ2v) is 8.69. The van der Waals surface area contributed by atoms with Gasteiger partial charge < -0.3 is 0 Å². The van der Waals surface area contributed by atoms with Crippen LogP contribution in [0.2, 0.25) is 0 Å². The fourth-order valence-electron chi connectivity index (χ4n) is 3.04. The van der Waals surface area contributed by atoms with Crippen LogP contribution in [0, 0.1) is 13.8 Å². The monoisotopic (exact) mass is 379 g/mol. The number of rotatable bonds is 2. The van der Waals surface area contributed by atoms with Gasteiger partial charge in [0.25, 0.3) is 10.0 Å². The zero-order valence-electron chi connectivity index (χ0n) is 12.8. The second kappa shape index (κ2) is 5.39. The van der Waals surface area contributed by atoms with Crippen LogP contribution in [-0.4, -0.2) is 15.0 Å². The molecule has 0 spiro atoms. The Hall–Kier alpha value is -1.33. The molecule has 0 fully saturated rings. The first-order valence-electron chi connectivity index (χ1n) is 7.20. The molecule has 5 heteroatoms. The van der Waals surface area contributed by atoms with Crippen molar-refractivity contribution >= 4 is 31.6 Å². The third-order valence-corrected chi connectivity index (χ3v) is 6.31. The molecule has 1 aliphatic heterocycles. The summed E-state index contributed by atoms with van der Waals surface area (Å²) in [5, 5.41) is 0. The topological polar surface area (TPSA) is 37.4 Å². The quantitative estimate of drug-likeness (QED) is 0.776. The lowest BCUT2D eigenvalue weighted by atomic mass is 10.0. The standard InChI is InChI=1S/C17H18BrNO2S/c1-11-5-4-6-15(7-11)22(20,21)19-10-13(3)16-9-14(18)8-12(2)17(16)19/h4-9,13H,10H2,1-3H3. The molecule has 0 aromatic heterocycles. The van der Waals surface area contributed by atoms with E-state index >= 15 is 0 Å². The predicted molar refractivity (Wildman–Crippen MR) is 93.0 cm³/mol. The molecule has 116 valence electrons. The highest BCUT2D eigenvalue weighted by Gasteiger charge is 2.36. The van der Waals surface area contributed by atoms with Crippen LogP contribution in [-0.2, 0) is 10.0 Å². The van der Waals surface area contributed by atoms with Crippen LogP contribution in [0.15, 0.2) is 45.8 Å². The first-order valence-corrected chi connectivity index (χ1v) is 9.43. The van der Waals surface area contributed by atoms with E-state index in [-0.39, 0.29) is 5.92 Å². The molecule has 0 amide bonds. The Morgan fingerprint density at radius 2 is 1.91 bits per heavy atom. The summed E-state index contributed by atoms with van der Waals surface area (Å²) >= 11 is 3.50. The minimum Gasteiger partial charge on any atom is -0.265 e. The van der Waals surface area contributed by atoms with Crippen molar-refractivity contribution < 1.29 is 8.42 Å². The number of sulfonamides is 1. The van der Waals surface area contributed by atoms with Gasteiger partial charge in [-0.2, -0.15) is 0 Å². The summed E-state index contributed by atoms with van der Waals surface area (Å²) in [6.45, 7) is 6.42. The van der Waals surface area contributed by atoms with Crippen LogP contribution in [0.5, 0.6) is 0 Å². The van der Waals surface area contributed by atoms with E-state index in [9.17, 15) is 8.42 Å². The van der Waals surface area contributed by atoms with Gasteiger partial charge in [0.2, 0.25) is 0 Å². The van der Waals surface area contributed by atoms with Gasteiger partial charge in [0.1, 0.15) is 0 Å². The molecule has 2 aromatic rings. The van der Waals surface area contributed by atoms with Crippen molar-refractivity contribution in [3.8, 4) is 0 Å². The Kier molecular flexibility index (Phi) is 3.81. The summed E-state index contributed by atoms with van der Waals surface area (Å²) in [6, 6.07) is 11.1. The van der Waals surface area contributed by atoms with Gasteiger partial charge in [-0.15, -0.1) is 0 Å². The fraction of sp³-hybridized carbons (Fsp3) is 0.294. The molecule has 1 unspecified atom stereocenters. The summed E-state index contributed by atoms with van der Waals surface area (Å²) in [4.78, 5) is 0.356. The van der Waals surface area contributed by atoms with Crippen molar-refractivity contribution in [2.24, 2.45) is 0 Å². The Labute approximate surface area is 140 Å². The van der Waals surface area contributed by atoms with Gasteiger partial charge in [0, 0.05) is 16.9 Å². The Morgan fingerprint density at radius 1 is 1.18 bits per heavy atom. The van der Waals surface area contributed by atoms with E-state index in [4.69, 9.17) is 0 Å². The SMILES string of the molecule is Cc1cccc(S(=O)(=O)N2CC(C)c3cc(Br)cc(C)c32)c1. The first-order chi connectivity index (χ1) is 10.3. The molecule has 1 aliphatic rings. The number of fused-ring (bicyclic) bond motifs is 1. The molecular formula is C17H18BrNO2S. The van der Waals surface area contributed by atoms with E-state index in [2.05, 4.69) is 22.9 Å². The van der Waals surface area contributed by atoms with E-state index < -0.39 is 10.0 Å². The number of aryl methyl sites for hydroxylation is 2. The third kappa shape index (κ3) is 2.46. The van der Waals surface area contributed by atoms with Gasteiger partial charge in [-0.3, -0.25) is 4.31 Å². The van der Waals surface area contributed by atoms with Gasteiger partial charge in [-0.25, -0.2) is 8.42 Å². The zero-order valence-corrected chi connectivity index (χ0v) is 15.2. The van der Waals surface area contributed by atoms with Crippen molar-refractivity contribution in [3.05, 3.63) is 57.6 Å². The minimum absolute atomic E-state index is 0.186. The summed E-state index contributed by atoms with van der Waals surface area (Å²) < 4.78 is 28.6. The number of hydrogen-bond acceptors (Lipinski definition) is 2. The maximum atomic E-state index is 13.0. The van der Waals surface area contributed by atoms with E-state index in [0.717, 1.165) is 26.9 Å². The van der Waals surface area contributed by atoms with E-state index in [0.29, 0.717) is 11.4 Å². The van der Waals surface area contributed by atoms with Crippen molar-refractivity contribution in [1.82, 2.24) is 0 Å². The Bertz CT molecular complexity index is 846. The van der Waals surface area contributed by atoms with Gasteiger partial charge in [-0.1, -0.05) is 35.0 Å². The molecule has 1 atom stereocenters. The van der Waals surface area contributed by atoms with Crippen LogP contribution in [0.1, 0.15) is 29.5 Å². The molecule has 3 nitrogen and oxygen atoms in total. The minimum atomic E-state index is -3.52. The van der Waals surface area contributed by atoms with E-state index in [1.807, 2.05) is 32.0 Å². The highest BCUT2D eigenvalue weighted by atomic mass is 79.9. The van der Waals surface area contributed by atoms with Crippen LogP contribution in [0.25, 0.3) is 0 Å². The summed E-state index contributed by atoms with van der Waals surface area (Å²) in [6.07, 6.45) is 0. The predicted octanol–water partition coefficient (Wildman–Crippen LogP) is 4.38. The smallest absolute Gasteiger partial charge is 0.264 e. The molecule has 1 heterocycles. The molecule has 0 radical (unpaired) electrons. The molecule has 3 rings (SSSR count). The average molecular weight is 380 g/mol. The highest BCUT2D eigenvalue weighted by Crippen LogP contribution is 2.43. The van der Waals surface area contributed by atoms with Gasteiger partial charge in [0.15, 0.2) is 0 Å². The molecule has 2 aromatic carbocycles. The number of hydrogen-bond donors (Lipinski definition) is 0. The molecule has 0 saturated heterocycles. The maximum absolute atomic E-state index is 13.0. The van der Waals surface area contributed by atoms with Crippen LogP contribution >= 0.6 is 15.9 Å². The first kappa shape index (κ1) is 15.6. The number of nitrogens with zero attached hydrogens (tertiary/aromatic N) is 1. The van der Waals surface area contributed by atoms with Crippen LogP contribution in [0.3, 0.4) is 0 Å². The third-order valence-electron chi connectivity index (χ3n) is 4.09. The summed E-state index contributed by atoms with van der Waals surface area (Å²) in [5.74, 6) is 0.186. The molecule has 0 aliphatic carbocycles. The van der Waals surface area contributed by atoms with E-state index in [1.165, 1.54) is 0 Å². The molecule has 0 N–H and O–H groups in total. The Morgan fingerprint density at radius 3 is 2.59 bits per heavy atom. The number of halogens is 1. The van der Waals surface area contributed by atoms with Crippen LogP contribution < -0.4 is 4.31 Å². The second-order valence-electron chi connectivity index (χ2n) is 5.91. The highest BCUT2D eigenvalue weighted by molar-refractivity contribution is 9.10. The normalized spacial score (nSPS) is 17.6. The number of benzene rings is 2. The largest absolute Gasteiger partial charge is 0.265 e. The molecule has 0 saturated carbocycles. The maximum Gasteiger partial charge on any atom is 0.264 e. The van der Waals surface area contributed by atoms with Crippen molar-refractivity contribution in [1.29, 1.82) is 0 Å². The molecular weight excluding hydrogens is 362 g/mol. The molecule has 22 heavy (non-hydrogen) atoms. The lowest BCUT2D eigenvalue weighted by Crippen LogP contribution is -2.30. The van der Waals surface area contributed by atoms with Crippen molar-refractivity contribution in [3.63, 3.8) is 0 Å². The van der Waals surface area contributed by atoms with Gasteiger partial charge in [0.05, 0.1) is 10.6 Å². The lowest BCUT2D eigenvalue weighted by molar-refractivity contribution is 0.590. The van der Waals surface area contributed by atoms with Crippen LogP contribution in [0.4, 0.5) is 5.69 Å². The molecule has 0 bridgehead atoms. The van der Waals surface area contributed by atoms with Crippen molar-refractivity contribution in [2.75, 3.05) is 10.8 Å². The summed E-state index contributed by atoms with van der Waals surface area (Å²) in [7, 11) is -3.52. The lowest BCUT2D eigenvalue weighted by Gasteiger charge is -2.21. The number of anilines is 1. The summed E-state index contributed by atoms with van der Waals surface area (Å²) in [5.41, 5.74) is 3.84. The Balaban J connectivity index is 2.16. The average Bonchev–Trinajstić information content (AvgIpc) is 2.77. The van der Waals surface area contributed by atoms with Gasteiger partial charge in [-0.05, 0) is 54.8 Å². The van der Waals surface area contributed by atoms with Crippen molar-refractivity contribution in [2.45, 2.75) is 31.6 Å². The van der Waals surface area contributed by atoms with Gasteiger partial charge >= 0.3 is 0 Å². The van der Waals surface area contributed by atoms with E-state index in [1.54, 1.807) is 22.5 Å².